The highest BCUT2D eigenvalue weighted by Crippen LogP contribution is 2.15. The summed E-state index contributed by atoms with van der Waals surface area (Å²) in [6.45, 7) is 3.16. The Hall–Kier alpha value is -1.12. The zero-order valence-corrected chi connectivity index (χ0v) is 6.59. The van der Waals surface area contributed by atoms with Crippen LogP contribution in [0.4, 0.5) is 0 Å². The summed E-state index contributed by atoms with van der Waals surface area (Å²) in [5.74, 6) is -0.273. The third-order valence-electron chi connectivity index (χ3n) is 1.50. The molecule has 0 aliphatic carbocycles. The molecule has 0 radical (unpaired) electrons. The second-order valence-electron chi connectivity index (χ2n) is 2.70. The van der Waals surface area contributed by atoms with Crippen molar-refractivity contribution in [3.05, 3.63) is 11.6 Å². The van der Waals surface area contributed by atoms with E-state index in [0.717, 1.165) is 0 Å². The Morgan fingerprint density at radius 2 is 2.36 bits per heavy atom. The van der Waals surface area contributed by atoms with Gasteiger partial charge < -0.3 is 4.74 Å². The van der Waals surface area contributed by atoms with Crippen LogP contribution in [0, 0.1) is 0 Å². The van der Waals surface area contributed by atoms with Gasteiger partial charge in [0.2, 0.25) is 0 Å². The van der Waals surface area contributed by atoms with Crippen molar-refractivity contribution < 1.29 is 14.3 Å². The lowest BCUT2D eigenvalue weighted by Gasteiger charge is -2.03. The molecule has 1 aliphatic rings. The fourth-order valence-electron chi connectivity index (χ4n) is 0.995. The number of hydrogen-bond acceptors (Lipinski definition) is 3. The maximum absolute atomic E-state index is 10.8. The molecule has 60 valence electrons. The first-order valence-corrected chi connectivity index (χ1v) is 3.48. The van der Waals surface area contributed by atoms with Crippen molar-refractivity contribution in [1.29, 1.82) is 0 Å². The van der Waals surface area contributed by atoms with Crippen LogP contribution in [0.25, 0.3) is 0 Å². The standard InChI is InChI=1S/C8H10O3/c1-5-3-7(4-6(2)9)11-8(5)10/h3,7H,4H2,1-2H3. The molecular formula is C8H10O3. The van der Waals surface area contributed by atoms with E-state index in [4.69, 9.17) is 4.74 Å². The fraction of sp³-hybridized carbons (Fsp3) is 0.500. The number of cyclic esters (lactones) is 1. The van der Waals surface area contributed by atoms with E-state index in [0.29, 0.717) is 12.0 Å². The summed E-state index contributed by atoms with van der Waals surface area (Å²) in [5, 5.41) is 0. The molecule has 0 aromatic heterocycles. The zero-order chi connectivity index (χ0) is 8.43. The normalized spacial score (nSPS) is 22.9. The van der Waals surface area contributed by atoms with Crippen LogP contribution in [-0.4, -0.2) is 17.9 Å². The lowest BCUT2D eigenvalue weighted by molar-refractivity contribution is -0.140. The molecule has 0 fully saturated rings. The van der Waals surface area contributed by atoms with Crippen molar-refractivity contribution in [2.75, 3.05) is 0 Å². The van der Waals surface area contributed by atoms with E-state index in [1.54, 1.807) is 13.0 Å². The van der Waals surface area contributed by atoms with Gasteiger partial charge in [-0.05, 0) is 19.9 Å². The van der Waals surface area contributed by atoms with Crippen LogP contribution in [0.3, 0.4) is 0 Å². The van der Waals surface area contributed by atoms with Gasteiger partial charge in [0, 0.05) is 12.0 Å². The average Bonchev–Trinajstić information content (AvgIpc) is 2.10. The Morgan fingerprint density at radius 3 is 2.73 bits per heavy atom. The van der Waals surface area contributed by atoms with Gasteiger partial charge in [0.15, 0.2) is 0 Å². The Balaban J connectivity index is 2.54. The first kappa shape index (κ1) is 7.98. The molecule has 1 rings (SSSR count). The molecule has 0 saturated carbocycles. The second kappa shape index (κ2) is 2.86. The lowest BCUT2D eigenvalue weighted by atomic mass is 10.2. The molecule has 11 heavy (non-hydrogen) atoms. The van der Waals surface area contributed by atoms with Gasteiger partial charge in [-0.1, -0.05) is 0 Å². The van der Waals surface area contributed by atoms with E-state index in [1.165, 1.54) is 6.92 Å². The largest absolute Gasteiger partial charge is 0.454 e. The van der Waals surface area contributed by atoms with E-state index in [9.17, 15) is 9.59 Å². The summed E-state index contributed by atoms with van der Waals surface area (Å²) >= 11 is 0. The molecule has 0 amide bonds. The molecule has 0 N–H and O–H groups in total. The molecule has 3 nitrogen and oxygen atoms in total. The summed E-state index contributed by atoms with van der Waals surface area (Å²) in [6.07, 6.45) is 1.66. The minimum atomic E-state index is -0.319. The van der Waals surface area contributed by atoms with Crippen LogP contribution in [-0.2, 0) is 14.3 Å². The zero-order valence-electron chi connectivity index (χ0n) is 6.59. The maximum Gasteiger partial charge on any atom is 0.334 e. The minimum Gasteiger partial charge on any atom is -0.454 e. The molecule has 0 aromatic carbocycles. The third kappa shape index (κ3) is 1.90. The summed E-state index contributed by atoms with van der Waals surface area (Å²) in [7, 11) is 0. The van der Waals surface area contributed by atoms with Gasteiger partial charge in [-0.15, -0.1) is 0 Å². The molecule has 1 heterocycles. The minimum absolute atomic E-state index is 0.0359. The molecule has 3 heteroatoms. The van der Waals surface area contributed by atoms with Gasteiger partial charge >= 0.3 is 5.97 Å². The number of hydrogen-bond donors (Lipinski definition) is 0. The molecule has 1 aliphatic heterocycles. The van der Waals surface area contributed by atoms with Crippen LogP contribution in [0.15, 0.2) is 11.6 Å². The fourth-order valence-corrected chi connectivity index (χ4v) is 0.995. The van der Waals surface area contributed by atoms with Crippen molar-refractivity contribution in [1.82, 2.24) is 0 Å². The molecular weight excluding hydrogens is 144 g/mol. The number of carbonyl (C=O) groups excluding carboxylic acids is 2. The highest BCUT2D eigenvalue weighted by molar-refractivity contribution is 5.91. The lowest BCUT2D eigenvalue weighted by Crippen LogP contribution is -2.11. The SMILES string of the molecule is CC(=O)CC1C=C(C)C(=O)O1. The van der Waals surface area contributed by atoms with Crippen LogP contribution in [0.1, 0.15) is 20.3 Å². The van der Waals surface area contributed by atoms with Crippen molar-refractivity contribution in [3.63, 3.8) is 0 Å². The monoisotopic (exact) mass is 154 g/mol. The van der Waals surface area contributed by atoms with E-state index in [-0.39, 0.29) is 17.9 Å². The first-order chi connectivity index (χ1) is 5.09. The highest BCUT2D eigenvalue weighted by atomic mass is 16.5. The van der Waals surface area contributed by atoms with Crippen LogP contribution >= 0.6 is 0 Å². The number of rotatable bonds is 2. The molecule has 0 aromatic rings. The Kier molecular flexibility index (Phi) is 2.08. The molecule has 0 bridgehead atoms. The van der Waals surface area contributed by atoms with Crippen LogP contribution in [0.2, 0.25) is 0 Å². The number of ether oxygens (including phenoxy) is 1. The second-order valence-corrected chi connectivity index (χ2v) is 2.70. The summed E-state index contributed by atoms with van der Waals surface area (Å²) in [4.78, 5) is 21.4. The maximum atomic E-state index is 10.8. The van der Waals surface area contributed by atoms with Gasteiger partial charge in [-0.2, -0.15) is 0 Å². The first-order valence-electron chi connectivity index (χ1n) is 3.48. The molecule has 0 saturated heterocycles. The van der Waals surface area contributed by atoms with Gasteiger partial charge in [0.25, 0.3) is 0 Å². The molecule has 1 unspecified atom stereocenters. The summed E-state index contributed by atoms with van der Waals surface area (Å²) in [5.41, 5.74) is 0.594. The van der Waals surface area contributed by atoms with Gasteiger partial charge in [-0.25, -0.2) is 4.79 Å². The Morgan fingerprint density at radius 1 is 1.73 bits per heavy atom. The average molecular weight is 154 g/mol. The van der Waals surface area contributed by atoms with Crippen molar-refractivity contribution >= 4 is 11.8 Å². The number of ketones is 1. The van der Waals surface area contributed by atoms with E-state index in [1.807, 2.05) is 0 Å². The summed E-state index contributed by atoms with van der Waals surface area (Å²) in [6, 6.07) is 0. The van der Waals surface area contributed by atoms with E-state index >= 15 is 0 Å². The van der Waals surface area contributed by atoms with Crippen molar-refractivity contribution in [2.45, 2.75) is 26.4 Å². The van der Waals surface area contributed by atoms with Gasteiger partial charge in [0.05, 0.1) is 0 Å². The van der Waals surface area contributed by atoms with Crippen LogP contribution in [0.5, 0.6) is 0 Å². The molecule has 0 spiro atoms. The molecule has 1 atom stereocenters. The van der Waals surface area contributed by atoms with Gasteiger partial charge in [0.1, 0.15) is 11.9 Å². The van der Waals surface area contributed by atoms with E-state index < -0.39 is 0 Å². The third-order valence-corrected chi connectivity index (χ3v) is 1.50. The Labute approximate surface area is 65.0 Å². The smallest absolute Gasteiger partial charge is 0.334 e. The topological polar surface area (TPSA) is 43.4 Å². The number of Topliss-reactive ketones (excluding diaryl/α,β-unsaturated/α-hetero) is 1. The predicted octanol–water partition coefficient (Wildman–Crippen LogP) is 0.837. The summed E-state index contributed by atoms with van der Waals surface area (Å²) < 4.78 is 4.83. The number of carbonyl (C=O) groups is 2. The predicted molar refractivity (Wildman–Crippen MR) is 38.9 cm³/mol. The highest BCUT2D eigenvalue weighted by Gasteiger charge is 2.22. The van der Waals surface area contributed by atoms with Crippen molar-refractivity contribution in [2.24, 2.45) is 0 Å². The Bertz CT molecular complexity index is 227. The quantitative estimate of drug-likeness (QED) is 0.553. The van der Waals surface area contributed by atoms with Gasteiger partial charge in [-0.3, -0.25) is 4.79 Å². The number of esters is 1. The van der Waals surface area contributed by atoms with E-state index in [2.05, 4.69) is 0 Å². The van der Waals surface area contributed by atoms with Crippen molar-refractivity contribution in [3.8, 4) is 0 Å². The van der Waals surface area contributed by atoms with Crippen LogP contribution < -0.4 is 0 Å².